The van der Waals surface area contributed by atoms with Gasteiger partial charge in [0.25, 0.3) is 0 Å². The lowest BCUT2D eigenvalue weighted by molar-refractivity contribution is -0.125. The van der Waals surface area contributed by atoms with Crippen LogP contribution in [0.1, 0.15) is 30.9 Å². The van der Waals surface area contributed by atoms with Crippen LogP contribution < -0.4 is 21.3 Å². The van der Waals surface area contributed by atoms with Gasteiger partial charge in [0.2, 0.25) is 11.8 Å². The van der Waals surface area contributed by atoms with Gasteiger partial charge in [-0.2, -0.15) is 0 Å². The standard InChI is InChI=1S/C25H26Cl2FN5O3/c1-12(2)30-24(36)33-9-14(10-33)31-22(34)21-19(15-4-3-5-17(27)20(15)28)25(11-29-21)16-7-6-13(26)8-18(16)32-23(25)35/h3-8,12,14,19,21,29H,9-11H2,1-2H3,(H,30,36)(H,31,34)(H,32,35)/t19-,21+,25+/m0/s1. The molecule has 2 aromatic carbocycles. The van der Waals surface area contributed by atoms with Crippen LogP contribution in [0.2, 0.25) is 10.0 Å². The zero-order valence-corrected chi connectivity index (χ0v) is 21.2. The van der Waals surface area contributed by atoms with E-state index < -0.39 is 23.2 Å². The van der Waals surface area contributed by atoms with Crippen molar-refractivity contribution < 1.29 is 18.8 Å². The SMILES string of the molecule is CC(C)NC(=O)N1CC(NC(=O)[C@@H]2NC[C@]3(C(=O)Nc4cc(Cl)ccc43)[C@H]2c2cccc(Cl)c2F)C1. The molecule has 190 valence electrons. The molecule has 5 rings (SSSR count). The highest BCUT2D eigenvalue weighted by Gasteiger charge is 2.61. The van der Waals surface area contributed by atoms with E-state index in [1.807, 2.05) is 13.8 Å². The van der Waals surface area contributed by atoms with Crippen LogP contribution in [0.25, 0.3) is 0 Å². The Labute approximate surface area is 217 Å². The fourth-order valence-corrected chi connectivity index (χ4v) is 5.80. The third-order valence-electron chi connectivity index (χ3n) is 7.11. The molecule has 3 heterocycles. The van der Waals surface area contributed by atoms with Crippen LogP contribution in [-0.2, 0) is 15.0 Å². The lowest BCUT2D eigenvalue weighted by atomic mass is 9.68. The summed E-state index contributed by atoms with van der Waals surface area (Å²) in [7, 11) is 0. The number of hydrogen-bond donors (Lipinski definition) is 4. The Bertz CT molecular complexity index is 1250. The molecular formula is C25H26Cl2FN5O3. The van der Waals surface area contributed by atoms with Crippen LogP contribution in [0.5, 0.6) is 0 Å². The molecule has 0 unspecified atom stereocenters. The Morgan fingerprint density at radius 1 is 1.19 bits per heavy atom. The fraction of sp³-hybridized carbons (Fsp3) is 0.400. The molecule has 0 aromatic heterocycles. The second-order valence-corrected chi connectivity index (χ2v) is 10.7. The molecule has 0 bridgehead atoms. The van der Waals surface area contributed by atoms with Gasteiger partial charge < -0.3 is 26.2 Å². The highest BCUT2D eigenvalue weighted by atomic mass is 35.5. The van der Waals surface area contributed by atoms with E-state index in [0.29, 0.717) is 29.4 Å². The van der Waals surface area contributed by atoms with Crippen molar-refractivity contribution in [2.24, 2.45) is 0 Å². The zero-order chi connectivity index (χ0) is 25.8. The molecule has 2 fully saturated rings. The molecule has 3 aliphatic heterocycles. The Morgan fingerprint density at radius 2 is 1.94 bits per heavy atom. The van der Waals surface area contributed by atoms with Crippen molar-refractivity contribution in [2.45, 2.75) is 43.3 Å². The fourth-order valence-electron chi connectivity index (χ4n) is 5.45. The first kappa shape index (κ1) is 24.8. The lowest BCUT2D eigenvalue weighted by Gasteiger charge is -2.40. The van der Waals surface area contributed by atoms with Crippen LogP contribution in [0.3, 0.4) is 0 Å². The summed E-state index contributed by atoms with van der Waals surface area (Å²) >= 11 is 12.3. The topological polar surface area (TPSA) is 103 Å². The van der Waals surface area contributed by atoms with Crippen molar-refractivity contribution in [1.82, 2.24) is 20.9 Å². The molecule has 4 amide bonds. The van der Waals surface area contributed by atoms with Crippen LogP contribution >= 0.6 is 23.2 Å². The Kier molecular flexibility index (Phi) is 6.34. The largest absolute Gasteiger partial charge is 0.348 e. The van der Waals surface area contributed by atoms with Crippen molar-refractivity contribution in [3.63, 3.8) is 0 Å². The van der Waals surface area contributed by atoms with Crippen LogP contribution in [0, 0.1) is 5.82 Å². The predicted octanol–water partition coefficient (Wildman–Crippen LogP) is 3.00. The first-order valence-electron chi connectivity index (χ1n) is 11.8. The maximum Gasteiger partial charge on any atom is 0.317 e. The minimum absolute atomic E-state index is 0.00804. The Balaban J connectivity index is 1.45. The van der Waals surface area contributed by atoms with Crippen LogP contribution in [0.15, 0.2) is 36.4 Å². The quantitative estimate of drug-likeness (QED) is 0.485. The number of carbonyl (C=O) groups is 3. The number of carbonyl (C=O) groups excluding carboxylic acids is 3. The molecule has 8 nitrogen and oxygen atoms in total. The van der Waals surface area contributed by atoms with E-state index in [4.69, 9.17) is 23.2 Å². The molecule has 11 heteroatoms. The van der Waals surface area contributed by atoms with Crippen molar-refractivity contribution in [2.75, 3.05) is 25.0 Å². The van der Waals surface area contributed by atoms with E-state index in [9.17, 15) is 14.4 Å². The number of benzene rings is 2. The van der Waals surface area contributed by atoms with E-state index >= 15 is 4.39 Å². The smallest absolute Gasteiger partial charge is 0.317 e. The van der Waals surface area contributed by atoms with Gasteiger partial charge >= 0.3 is 6.03 Å². The first-order valence-corrected chi connectivity index (χ1v) is 12.5. The monoisotopic (exact) mass is 533 g/mol. The molecule has 2 saturated heterocycles. The molecule has 2 aromatic rings. The number of hydrogen-bond acceptors (Lipinski definition) is 4. The van der Waals surface area contributed by atoms with E-state index in [-0.39, 0.29) is 47.1 Å². The average molecular weight is 534 g/mol. The number of urea groups is 1. The third-order valence-corrected chi connectivity index (χ3v) is 7.63. The average Bonchev–Trinajstić information content (AvgIpc) is 3.30. The lowest BCUT2D eigenvalue weighted by Crippen LogP contribution is -2.65. The van der Waals surface area contributed by atoms with E-state index in [1.54, 1.807) is 35.2 Å². The van der Waals surface area contributed by atoms with E-state index in [0.717, 1.165) is 0 Å². The second-order valence-electron chi connectivity index (χ2n) is 9.81. The molecule has 0 aliphatic carbocycles. The minimum atomic E-state index is -1.24. The number of likely N-dealkylation sites (tertiary alicyclic amines) is 1. The molecule has 0 saturated carbocycles. The van der Waals surface area contributed by atoms with Crippen molar-refractivity contribution in [3.05, 3.63) is 63.4 Å². The number of nitrogens with one attached hydrogen (secondary N) is 4. The van der Waals surface area contributed by atoms with Gasteiger partial charge in [-0.15, -0.1) is 0 Å². The molecule has 0 radical (unpaired) electrons. The van der Waals surface area contributed by atoms with Crippen LogP contribution in [0.4, 0.5) is 14.9 Å². The van der Waals surface area contributed by atoms with Crippen molar-refractivity contribution in [3.8, 4) is 0 Å². The minimum Gasteiger partial charge on any atom is -0.348 e. The summed E-state index contributed by atoms with van der Waals surface area (Å²) in [6, 6.07) is 8.31. The van der Waals surface area contributed by atoms with Crippen molar-refractivity contribution >= 4 is 46.7 Å². The summed E-state index contributed by atoms with van der Waals surface area (Å²) in [5.74, 6) is -2.26. The first-order chi connectivity index (χ1) is 17.1. The summed E-state index contributed by atoms with van der Waals surface area (Å²) in [6.45, 7) is 4.59. The van der Waals surface area contributed by atoms with Gasteiger partial charge in [0.15, 0.2) is 0 Å². The van der Waals surface area contributed by atoms with Crippen LogP contribution in [-0.4, -0.2) is 60.5 Å². The molecular weight excluding hydrogens is 508 g/mol. The number of nitrogens with zero attached hydrogens (tertiary/aromatic N) is 1. The van der Waals surface area contributed by atoms with Gasteiger partial charge in [-0.3, -0.25) is 9.59 Å². The number of anilines is 1. The van der Waals surface area contributed by atoms with Gasteiger partial charge in [-0.25, -0.2) is 9.18 Å². The normalized spacial score (nSPS) is 25.1. The Hall–Kier alpha value is -2.88. The predicted molar refractivity (Wildman–Crippen MR) is 135 cm³/mol. The van der Waals surface area contributed by atoms with Gasteiger partial charge in [-0.05, 0) is 43.2 Å². The number of amides is 4. The summed E-state index contributed by atoms with van der Waals surface area (Å²) in [5.41, 5.74) is 0.117. The van der Waals surface area contributed by atoms with E-state index in [2.05, 4.69) is 21.3 Å². The summed E-state index contributed by atoms with van der Waals surface area (Å²) < 4.78 is 15.4. The highest BCUT2D eigenvalue weighted by Crippen LogP contribution is 2.52. The molecule has 1 spiro atoms. The number of halogens is 3. The summed E-state index contributed by atoms with van der Waals surface area (Å²) in [4.78, 5) is 40.7. The van der Waals surface area contributed by atoms with Gasteiger partial charge in [-0.1, -0.05) is 41.4 Å². The van der Waals surface area contributed by atoms with Gasteiger partial charge in [0.1, 0.15) is 5.82 Å². The summed E-state index contributed by atoms with van der Waals surface area (Å²) in [6.07, 6.45) is 0. The maximum absolute atomic E-state index is 15.4. The van der Waals surface area contributed by atoms with E-state index in [1.165, 1.54) is 6.07 Å². The molecule has 4 N–H and O–H groups in total. The number of fused-ring (bicyclic) bond motifs is 2. The third kappa shape index (κ3) is 3.99. The molecule has 3 aliphatic rings. The molecule has 3 atom stereocenters. The highest BCUT2D eigenvalue weighted by molar-refractivity contribution is 6.31. The Morgan fingerprint density at radius 3 is 2.67 bits per heavy atom. The van der Waals surface area contributed by atoms with Crippen molar-refractivity contribution in [1.29, 1.82) is 0 Å². The van der Waals surface area contributed by atoms with Gasteiger partial charge in [0.05, 0.1) is 22.5 Å². The second kappa shape index (κ2) is 9.21. The zero-order valence-electron chi connectivity index (χ0n) is 19.7. The number of rotatable bonds is 4. The molecule has 36 heavy (non-hydrogen) atoms. The maximum atomic E-state index is 15.4. The summed E-state index contributed by atoms with van der Waals surface area (Å²) in [5, 5.41) is 12.2. The van der Waals surface area contributed by atoms with Gasteiger partial charge in [0, 0.05) is 42.3 Å².